The van der Waals surface area contributed by atoms with E-state index in [-0.39, 0.29) is 17.3 Å². The molecule has 0 aliphatic rings. The van der Waals surface area contributed by atoms with Crippen LogP contribution in [0.5, 0.6) is 0 Å². The highest BCUT2D eigenvalue weighted by atomic mass is 32.2. The Morgan fingerprint density at radius 2 is 1.80 bits per heavy atom. The minimum atomic E-state index is -3.29. The van der Waals surface area contributed by atoms with Gasteiger partial charge < -0.3 is 4.52 Å². The summed E-state index contributed by atoms with van der Waals surface area (Å²) >= 11 is 0. The first kappa shape index (κ1) is 14.7. The molecule has 0 radical (unpaired) electrons. The monoisotopic (exact) mass is 294 g/mol. The summed E-state index contributed by atoms with van der Waals surface area (Å²) in [5.41, 5.74) is 1.97. The van der Waals surface area contributed by atoms with Gasteiger partial charge in [0.15, 0.2) is 15.7 Å². The summed E-state index contributed by atoms with van der Waals surface area (Å²) in [7, 11) is -3.29. The maximum Gasteiger partial charge on any atom is 0.223 e. The van der Waals surface area contributed by atoms with Gasteiger partial charge >= 0.3 is 0 Å². The molecule has 1 heterocycles. The van der Waals surface area contributed by atoms with Crippen LogP contribution >= 0.6 is 0 Å². The Morgan fingerprint density at radius 1 is 1.15 bits per heavy atom. The van der Waals surface area contributed by atoms with Crippen molar-refractivity contribution >= 4 is 9.84 Å². The number of hydrogen-bond donors (Lipinski definition) is 0. The van der Waals surface area contributed by atoms with Crippen LogP contribution in [0.3, 0.4) is 0 Å². The second-order valence-electron chi connectivity index (χ2n) is 5.16. The van der Waals surface area contributed by atoms with E-state index in [9.17, 15) is 8.42 Å². The first-order chi connectivity index (χ1) is 9.35. The van der Waals surface area contributed by atoms with Crippen LogP contribution in [0, 0.1) is 6.92 Å². The van der Waals surface area contributed by atoms with Crippen LogP contribution in [-0.2, 0) is 21.3 Å². The maximum absolute atomic E-state index is 12.1. The molecule has 20 heavy (non-hydrogen) atoms. The lowest BCUT2D eigenvalue weighted by Gasteiger charge is -2.07. The number of nitrogens with zero attached hydrogens (tertiary/aromatic N) is 2. The predicted molar refractivity (Wildman–Crippen MR) is 75.9 cm³/mol. The van der Waals surface area contributed by atoms with Crippen molar-refractivity contribution in [2.45, 2.75) is 38.2 Å². The smallest absolute Gasteiger partial charge is 0.223 e. The lowest BCUT2D eigenvalue weighted by atomic mass is 10.0. The molecule has 0 unspecified atom stereocenters. The van der Waals surface area contributed by atoms with E-state index in [4.69, 9.17) is 4.52 Å². The van der Waals surface area contributed by atoms with Gasteiger partial charge in [-0.2, -0.15) is 4.98 Å². The average Bonchev–Trinajstić information content (AvgIpc) is 2.73. The van der Waals surface area contributed by atoms with Gasteiger partial charge in [-0.1, -0.05) is 43.3 Å². The fourth-order valence-corrected chi connectivity index (χ4v) is 3.21. The molecule has 108 valence electrons. The molecule has 2 aromatic rings. The van der Waals surface area contributed by atoms with Crippen molar-refractivity contribution in [2.24, 2.45) is 0 Å². The summed E-state index contributed by atoms with van der Waals surface area (Å²) < 4.78 is 28.9. The first-order valence-electron chi connectivity index (χ1n) is 6.44. The fourth-order valence-electron chi connectivity index (χ4n) is 1.90. The van der Waals surface area contributed by atoms with Gasteiger partial charge in [-0.25, -0.2) is 8.42 Å². The molecular weight excluding hydrogens is 276 g/mol. The SMILES string of the molecule is Cc1nc(CS(=O)(=O)Cc2ccc(C(C)C)cc2)no1. The zero-order chi connectivity index (χ0) is 14.8. The summed E-state index contributed by atoms with van der Waals surface area (Å²) in [5.74, 6) is 0.802. The van der Waals surface area contributed by atoms with E-state index in [0.29, 0.717) is 11.8 Å². The molecule has 1 aromatic heterocycles. The largest absolute Gasteiger partial charge is 0.340 e. The third kappa shape index (κ3) is 3.90. The number of aryl methyl sites for hydroxylation is 1. The second kappa shape index (κ2) is 5.75. The number of aromatic nitrogens is 2. The topological polar surface area (TPSA) is 73.1 Å². The zero-order valence-electron chi connectivity index (χ0n) is 11.8. The van der Waals surface area contributed by atoms with Crippen LogP contribution in [0.2, 0.25) is 0 Å². The molecule has 0 atom stereocenters. The van der Waals surface area contributed by atoms with Gasteiger partial charge in [0.1, 0.15) is 5.75 Å². The number of sulfone groups is 1. The molecule has 0 fully saturated rings. The molecule has 0 N–H and O–H groups in total. The molecule has 2 rings (SSSR count). The van der Waals surface area contributed by atoms with Crippen molar-refractivity contribution in [1.82, 2.24) is 10.1 Å². The number of rotatable bonds is 5. The van der Waals surface area contributed by atoms with Gasteiger partial charge in [0.2, 0.25) is 5.89 Å². The Bertz CT molecular complexity index is 673. The van der Waals surface area contributed by atoms with Crippen LogP contribution in [0.1, 0.15) is 42.6 Å². The van der Waals surface area contributed by atoms with E-state index in [1.807, 2.05) is 24.3 Å². The highest BCUT2D eigenvalue weighted by Gasteiger charge is 2.17. The first-order valence-corrected chi connectivity index (χ1v) is 8.26. The van der Waals surface area contributed by atoms with E-state index < -0.39 is 9.84 Å². The zero-order valence-corrected chi connectivity index (χ0v) is 12.6. The molecule has 0 bridgehead atoms. The molecule has 0 saturated heterocycles. The molecular formula is C14H18N2O3S. The molecule has 0 amide bonds. The molecule has 6 heteroatoms. The summed E-state index contributed by atoms with van der Waals surface area (Å²) in [6.45, 7) is 5.84. The third-order valence-electron chi connectivity index (χ3n) is 2.95. The van der Waals surface area contributed by atoms with Crippen molar-refractivity contribution in [1.29, 1.82) is 0 Å². The van der Waals surface area contributed by atoms with Crippen molar-refractivity contribution in [3.8, 4) is 0 Å². The average molecular weight is 294 g/mol. The van der Waals surface area contributed by atoms with Gasteiger partial charge in [0, 0.05) is 6.92 Å². The molecule has 0 spiro atoms. The molecule has 0 aliphatic heterocycles. The Balaban J connectivity index is 2.08. The molecule has 1 aromatic carbocycles. The number of benzene rings is 1. The van der Waals surface area contributed by atoms with Crippen LogP contribution in [-0.4, -0.2) is 18.6 Å². The fraction of sp³-hybridized carbons (Fsp3) is 0.429. The van der Waals surface area contributed by atoms with Gasteiger partial charge in [-0.3, -0.25) is 0 Å². The minimum absolute atomic E-state index is 0.0149. The van der Waals surface area contributed by atoms with Crippen molar-refractivity contribution in [3.05, 3.63) is 47.1 Å². The van der Waals surface area contributed by atoms with E-state index in [2.05, 4.69) is 24.0 Å². The maximum atomic E-state index is 12.1. The van der Waals surface area contributed by atoms with Gasteiger partial charge in [-0.15, -0.1) is 0 Å². The Kier molecular flexibility index (Phi) is 4.23. The summed E-state index contributed by atoms with van der Waals surface area (Å²) in [4.78, 5) is 3.92. The van der Waals surface area contributed by atoms with Crippen LogP contribution < -0.4 is 0 Å². The van der Waals surface area contributed by atoms with Gasteiger partial charge in [0.25, 0.3) is 0 Å². The van der Waals surface area contributed by atoms with Crippen molar-refractivity contribution in [3.63, 3.8) is 0 Å². The lowest BCUT2D eigenvalue weighted by Crippen LogP contribution is -2.09. The van der Waals surface area contributed by atoms with E-state index in [1.165, 1.54) is 5.56 Å². The Labute approximate surface area is 118 Å². The normalized spacial score (nSPS) is 12.0. The summed E-state index contributed by atoms with van der Waals surface area (Å²) in [6, 6.07) is 7.64. The Hall–Kier alpha value is -1.69. The standard InChI is InChI=1S/C14H18N2O3S/c1-10(2)13-6-4-12(5-7-13)8-20(17,18)9-14-15-11(3)19-16-14/h4-7,10H,8-9H2,1-3H3. The second-order valence-corrected chi connectivity index (χ2v) is 7.22. The molecule has 0 aliphatic carbocycles. The van der Waals surface area contributed by atoms with Gasteiger partial charge in [-0.05, 0) is 17.0 Å². The van der Waals surface area contributed by atoms with Crippen LogP contribution in [0.25, 0.3) is 0 Å². The highest BCUT2D eigenvalue weighted by Crippen LogP contribution is 2.17. The van der Waals surface area contributed by atoms with E-state index in [0.717, 1.165) is 5.56 Å². The third-order valence-corrected chi connectivity index (χ3v) is 4.42. The van der Waals surface area contributed by atoms with Gasteiger partial charge in [0.05, 0.1) is 5.75 Å². The highest BCUT2D eigenvalue weighted by molar-refractivity contribution is 7.89. The van der Waals surface area contributed by atoms with Crippen LogP contribution in [0.15, 0.2) is 28.8 Å². The lowest BCUT2D eigenvalue weighted by molar-refractivity contribution is 0.388. The number of hydrogen-bond acceptors (Lipinski definition) is 5. The van der Waals surface area contributed by atoms with Crippen molar-refractivity contribution in [2.75, 3.05) is 0 Å². The van der Waals surface area contributed by atoms with E-state index in [1.54, 1.807) is 6.92 Å². The molecule has 5 nitrogen and oxygen atoms in total. The minimum Gasteiger partial charge on any atom is -0.340 e. The Morgan fingerprint density at radius 3 is 2.30 bits per heavy atom. The summed E-state index contributed by atoms with van der Waals surface area (Å²) in [5, 5.41) is 3.61. The van der Waals surface area contributed by atoms with Crippen LogP contribution in [0.4, 0.5) is 0 Å². The van der Waals surface area contributed by atoms with E-state index >= 15 is 0 Å². The van der Waals surface area contributed by atoms with Crippen molar-refractivity contribution < 1.29 is 12.9 Å². The predicted octanol–water partition coefficient (Wildman–Crippen LogP) is 2.62. The summed E-state index contributed by atoms with van der Waals surface area (Å²) in [6.07, 6.45) is 0. The molecule has 0 saturated carbocycles. The quantitative estimate of drug-likeness (QED) is 0.847.